The smallest absolute Gasteiger partial charge is 0.273 e. The van der Waals surface area contributed by atoms with Crippen molar-refractivity contribution in [3.05, 3.63) is 72.3 Å². The maximum absolute atomic E-state index is 13.8. The highest BCUT2D eigenvalue weighted by atomic mass is 79.9. The minimum Gasteiger partial charge on any atom is -0.273 e. The lowest BCUT2D eigenvalue weighted by molar-refractivity contribution is 0.0168. The summed E-state index contributed by atoms with van der Waals surface area (Å²) in [4.78, 5) is 26.6. The van der Waals surface area contributed by atoms with E-state index in [1.165, 1.54) is 6.07 Å². The summed E-state index contributed by atoms with van der Waals surface area (Å²) in [5.41, 5.74) is -1.41. The van der Waals surface area contributed by atoms with Crippen molar-refractivity contribution in [3.63, 3.8) is 0 Å². The second kappa shape index (κ2) is 5.82. The summed E-state index contributed by atoms with van der Waals surface area (Å²) in [7, 11) is 0. The quantitative estimate of drug-likeness (QED) is 0.682. The lowest BCUT2D eigenvalue weighted by Crippen LogP contribution is -2.29. The van der Waals surface area contributed by atoms with Gasteiger partial charge in [0, 0.05) is 17.0 Å². The lowest BCUT2D eigenvalue weighted by Gasteiger charge is -2.16. The number of aromatic amines is 1. The van der Waals surface area contributed by atoms with Gasteiger partial charge in [-0.05, 0) is 24.3 Å². The molecule has 0 saturated heterocycles. The second-order valence-electron chi connectivity index (χ2n) is 5.28. The maximum Gasteiger partial charge on any atom is 0.333 e. The number of hydrogen-bond acceptors (Lipinski definition) is 2. The van der Waals surface area contributed by atoms with E-state index in [1.54, 1.807) is 24.3 Å². The summed E-state index contributed by atoms with van der Waals surface area (Å²) in [6.45, 7) is 0.740. The molecular formula is C16H10BrClF2N2O2. The number of hydrogen-bond donors (Lipinski definition) is 1. The van der Waals surface area contributed by atoms with E-state index < -0.39 is 17.2 Å². The molecule has 0 saturated carbocycles. The number of nitrogens with zero attached hydrogens (tertiary/aromatic N) is 1. The van der Waals surface area contributed by atoms with Crippen LogP contribution < -0.4 is 11.2 Å². The molecule has 0 fully saturated rings. The summed E-state index contributed by atoms with van der Waals surface area (Å²) in [6.07, 6.45) is 0. The minimum absolute atomic E-state index is 0.0524. The molecule has 3 rings (SSSR count). The topological polar surface area (TPSA) is 54.9 Å². The first-order chi connectivity index (χ1) is 11.2. The van der Waals surface area contributed by atoms with E-state index >= 15 is 0 Å². The number of H-pyrrole nitrogens is 1. The average molecular weight is 416 g/mol. The Morgan fingerprint density at radius 3 is 2.50 bits per heavy atom. The molecule has 0 amide bonds. The molecule has 0 atom stereocenters. The third-order valence-electron chi connectivity index (χ3n) is 3.56. The van der Waals surface area contributed by atoms with Crippen molar-refractivity contribution in [2.24, 2.45) is 0 Å². The van der Waals surface area contributed by atoms with E-state index in [-0.39, 0.29) is 31.6 Å². The van der Waals surface area contributed by atoms with Crippen molar-refractivity contribution in [1.82, 2.24) is 9.55 Å². The zero-order valence-corrected chi connectivity index (χ0v) is 14.6. The van der Waals surface area contributed by atoms with Crippen LogP contribution in [-0.4, -0.2) is 9.55 Å². The molecule has 24 heavy (non-hydrogen) atoms. The van der Waals surface area contributed by atoms with Crippen LogP contribution in [0.1, 0.15) is 12.5 Å². The van der Waals surface area contributed by atoms with E-state index in [2.05, 4.69) is 20.9 Å². The number of para-hydroxylation sites is 1. The fourth-order valence-corrected chi connectivity index (χ4v) is 3.38. The molecule has 1 aromatic heterocycles. The van der Waals surface area contributed by atoms with Gasteiger partial charge in [0.05, 0.1) is 21.6 Å². The second-order valence-corrected chi connectivity index (χ2v) is 6.55. The monoisotopic (exact) mass is 414 g/mol. The summed E-state index contributed by atoms with van der Waals surface area (Å²) < 4.78 is 28.8. The summed E-state index contributed by atoms with van der Waals surface area (Å²) in [5.74, 6) is -3.16. The van der Waals surface area contributed by atoms with Crippen LogP contribution in [-0.2, 0) is 5.92 Å². The van der Waals surface area contributed by atoms with Crippen LogP contribution in [0.5, 0.6) is 0 Å². The Morgan fingerprint density at radius 2 is 1.88 bits per heavy atom. The first kappa shape index (κ1) is 16.9. The third kappa shape index (κ3) is 2.78. The number of fused-ring (bicyclic) bond motifs is 1. The Hall–Kier alpha value is -1.99. The van der Waals surface area contributed by atoms with E-state index in [0.717, 1.165) is 17.6 Å². The van der Waals surface area contributed by atoms with Crippen LogP contribution in [0.3, 0.4) is 0 Å². The van der Waals surface area contributed by atoms with Crippen molar-refractivity contribution >= 4 is 38.4 Å². The van der Waals surface area contributed by atoms with Gasteiger partial charge in [-0.15, -0.1) is 0 Å². The predicted molar refractivity (Wildman–Crippen MR) is 92.4 cm³/mol. The molecule has 0 unspecified atom stereocenters. The summed E-state index contributed by atoms with van der Waals surface area (Å²) in [6, 6.07) is 8.85. The van der Waals surface area contributed by atoms with Crippen LogP contribution in [0, 0.1) is 0 Å². The Morgan fingerprint density at radius 1 is 1.21 bits per heavy atom. The van der Waals surface area contributed by atoms with Crippen molar-refractivity contribution in [3.8, 4) is 5.69 Å². The molecule has 0 radical (unpaired) electrons. The fourth-order valence-electron chi connectivity index (χ4n) is 2.47. The van der Waals surface area contributed by atoms with E-state index in [9.17, 15) is 18.4 Å². The van der Waals surface area contributed by atoms with Gasteiger partial charge in [0.1, 0.15) is 0 Å². The molecule has 3 aromatic rings. The molecule has 0 aliphatic carbocycles. The van der Waals surface area contributed by atoms with E-state index in [0.29, 0.717) is 0 Å². The van der Waals surface area contributed by atoms with Crippen molar-refractivity contribution in [2.45, 2.75) is 12.8 Å². The number of halogens is 4. The van der Waals surface area contributed by atoms with Gasteiger partial charge in [-0.2, -0.15) is 0 Å². The molecule has 0 spiro atoms. The molecule has 1 heterocycles. The first-order valence-electron chi connectivity index (χ1n) is 6.82. The van der Waals surface area contributed by atoms with Gasteiger partial charge in [0.15, 0.2) is 0 Å². The van der Waals surface area contributed by atoms with Crippen LogP contribution in [0.25, 0.3) is 16.6 Å². The average Bonchev–Trinajstić information content (AvgIpc) is 2.48. The van der Waals surface area contributed by atoms with Gasteiger partial charge in [-0.3, -0.25) is 14.3 Å². The van der Waals surface area contributed by atoms with Gasteiger partial charge in [-0.25, -0.2) is 13.6 Å². The highest BCUT2D eigenvalue weighted by Crippen LogP contribution is 2.35. The minimum atomic E-state index is -3.16. The Bertz CT molecular complexity index is 1070. The van der Waals surface area contributed by atoms with Crippen molar-refractivity contribution in [1.29, 1.82) is 0 Å². The molecule has 124 valence electrons. The molecular weight excluding hydrogens is 406 g/mol. The van der Waals surface area contributed by atoms with Gasteiger partial charge in [0.25, 0.3) is 11.5 Å². The van der Waals surface area contributed by atoms with E-state index in [1.807, 2.05) is 0 Å². The Balaban J connectivity index is 2.53. The molecule has 0 bridgehead atoms. The van der Waals surface area contributed by atoms with Crippen LogP contribution in [0.2, 0.25) is 5.02 Å². The normalized spacial score (nSPS) is 11.9. The zero-order chi connectivity index (χ0) is 17.6. The van der Waals surface area contributed by atoms with E-state index in [4.69, 9.17) is 11.6 Å². The Labute approximate surface area is 147 Å². The standard InChI is InChI=1S/C16H10BrClF2N2O2/c1-16(19,20)9-7-13-8(6-10(9)17)14(23)21-15(24)22(13)12-5-3-2-4-11(12)18/h2-7H,1H3,(H,21,23,24). The van der Waals surface area contributed by atoms with Gasteiger partial charge < -0.3 is 0 Å². The predicted octanol–water partition coefficient (Wildman–Crippen LogP) is 4.21. The van der Waals surface area contributed by atoms with Gasteiger partial charge in [-0.1, -0.05) is 39.7 Å². The molecule has 2 aromatic carbocycles. The van der Waals surface area contributed by atoms with Gasteiger partial charge in [0.2, 0.25) is 0 Å². The Kier molecular flexibility index (Phi) is 4.09. The fraction of sp³-hybridized carbons (Fsp3) is 0.125. The zero-order valence-electron chi connectivity index (χ0n) is 12.2. The SMILES string of the molecule is CC(F)(F)c1cc2c(cc1Br)c(=O)[nH]c(=O)n2-c1ccccc1Cl. The number of benzene rings is 2. The summed E-state index contributed by atoms with van der Waals surface area (Å²) in [5, 5.41) is 0.343. The van der Waals surface area contributed by atoms with Crippen LogP contribution in [0.15, 0.2) is 50.5 Å². The number of alkyl halides is 2. The molecule has 4 nitrogen and oxygen atoms in total. The highest BCUT2D eigenvalue weighted by Gasteiger charge is 2.28. The largest absolute Gasteiger partial charge is 0.333 e. The number of nitrogens with one attached hydrogen (secondary N) is 1. The molecule has 8 heteroatoms. The molecule has 0 aliphatic heterocycles. The van der Waals surface area contributed by atoms with Crippen LogP contribution >= 0.6 is 27.5 Å². The highest BCUT2D eigenvalue weighted by molar-refractivity contribution is 9.10. The number of aromatic nitrogens is 2. The maximum atomic E-state index is 13.8. The van der Waals surface area contributed by atoms with Gasteiger partial charge >= 0.3 is 5.69 Å². The number of rotatable bonds is 2. The first-order valence-corrected chi connectivity index (χ1v) is 7.99. The lowest BCUT2D eigenvalue weighted by atomic mass is 10.1. The molecule has 1 N–H and O–H groups in total. The van der Waals surface area contributed by atoms with Crippen molar-refractivity contribution in [2.75, 3.05) is 0 Å². The van der Waals surface area contributed by atoms with Crippen LogP contribution in [0.4, 0.5) is 8.78 Å². The van der Waals surface area contributed by atoms with Crippen molar-refractivity contribution < 1.29 is 8.78 Å². The third-order valence-corrected chi connectivity index (χ3v) is 4.54. The molecule has 0 aliphatic rings. The summed E-state index contributed by atoms with van der Waals surface area (Å²) >= 11 is 9.18.